The Balaban J connectivity index is 1.50. The van der Waals surface area contributed by atoms with Gasteiger partial charge in [0, 0.05) is 12.3 Å². The summed E-state index contributed by atoms with van der Waals surface area (Å²) in [5.74, 6) is 3.68. The van der Waals surface area contributed by atoms with E-state index < -0.39 is 0 Å². The summed E-state index contributed by atoms with van der Waals surface area (Å²) in [7, 11) is 0. The number of fused-ring (bicyclic) bond motifs is 5. The predicted octanol–water partition coefficient (Wildman–Crippen LogP) is 6.32. The molecular weight excluding hydrogens is 344 g/mol. The van der Waals surface area contributed by atoms with E-state index in [4.69, 9.17) is 0 Å². The second-order valence-corrected chi connectivity index (χ2v) is 11.6. The van der Waals surface area contributed by atoms with E-state index in [9.17, 15) is 9.90 Å². The van der Waals surface area contributed by atoms with Gasteiger partial charge in [0.25, 0.3) is 0 Å². The van der Waals surface area contributed by atoms with Crippen LogP contribution in [0.2, 0.25) is 0 Å². The molecule has 28 heavy (non-hydrogen) atoms. The molecule has 7 atom stereocenters. The van der Waals surface area contributed by atoms with Crippen LogP contribution in [0.25, 0.3) is 0 Å². The molecule has 0 spiro atoms. The number of aliphatic hydroxyl groups excluding tert-OH is 1. The molecule has 1 N–H and O–H groups in total. The van der Waals surface area contributed by atoms with E-state index >= 15 is 0 Å². The molecule has 0 aromatic heterocycles. The third-order valence-electron chi connectivity index (χ3n) is 9.65. The van der Waals surface area contributed by atoms with Crippen molar-refractivity contribution in [3.05, 3.63) is 11.6 Å². The summed E-state index contributed by atoms with van der Waals surface area (Å²) in [4.78, 5) is 13.1. The first-order valence-electron chi connectivity index (χ1n) is 12.2. The minimum Gasteiger partial charge on any atom is -0.393 e. The average molecular weight is 387 g/mol. The van der Waals surface area contributed by atoms with Gasteiger partial charge in [-0.15, -0.1) is 0 Å². The highest BCUT2D eigenvalue weighted by Crippen LogP contribution is 2.66. The number of ketones is 1. The molecule has 158 valence electrons. The van der Waals surface area contributed by atoms with E-state index in [-0.39, 0.29) is 16.9 Å². The Morgan fingerprint density at radius 1 is 1.11 bits per heavy atom. The first-order chi connectivity index (χ1) is 13.3. The highest BCUT2D eigenvalue weighted by atomic mass is 16.3. The molecular formula is C26H42O2. The average Bonchev–Trinajstić information content (AvgIpc) is 2.89. The summed E-state index contributed by atoms with van der Waals surface area (Å²) in [5.41, 5.74) is 2.05. The molecule has 2 heteroatoms. The largest absolute Gasteiger partial charge is 0.393 e. The predicted molar refractivity (Wildman–Crippen MR) is 115 cm³/mol. The van der Waals surface area contributed by atoms with Crippen molar-refractivity contribution in [3.63, 3.8) is 0 Å². The number of carbonyl (C=O) groups excluding carboxylic acids is 1. The molecule has 4 rings (SSSR count). The van der Waals surface area contributed by atoms with Crippen LogP contribution in [0, 0.1) is 40.4 Å². The number of unbranched alkanes of at least 4 members (excludes halogenated alkanes) is 1. The van der Waals surface area contributed by atoms with E-state index in [1.54, 1.807) is 0 Å². The van der Waals surface area contributed by atoms with Gasteiger partial charge in [-0.2, -0.15) is 0 Å². The van der Waals surface area contributed by atoms with E-state index in [0.717, 1.165) is 50.4 Å². The topological polar surface area (TPSA) is 37.3 Å². The fraction of sp³-hybridized carbons (Fsp3) is 0.885. The molecule has 0 radical (unpaired) electrons. The minimum absolute atomic E-state index is 0.131. The van der Waals surface area contributed by atoms with Crippen molar-refractivity contribution < 1.29 is 9.90 Å². The van der Waals surface area contributed by atoms with Crippen LogP contribution < -0.4 is 0 Å². The Morgan fingerprint density at radius 3 is 2.64 bits per heavy atom. The van der Waals surface area contributed by atoms with Crippen LogP contribution in [0.3, 0.4) is 0 Å². The molecule has 4 aliphatic rings. The van der Waals surface area contributed by atoms with Crippen LogP contribution in [-0.2, 0) is 4.79 Å². The fourth-order valence-electron chi connectivity index (χ4n) is 7.93. The normalized spacial score (nSPS) is 45.4. The number of allylic oxidation sites excluding steroid dienone is 1. The number of aliphatic hydroxyl groups is 1. The summed E-state index contributed by atoms with van der Waals surface area (Å²) in [5, 5.41) is 10.2. The summed E-state index contributed by atoms with van der Waals surface area (Å²) in [6, 6.07) is 0. The maximum Gasteiger partial charge on any atom is 0.136 e. The maximum atomic E-state index is 13.1. The van der Waals surface area contributed by atoms with Gasteiger partial charge in [0.2, 0.25) is 0 Å². The molecule has 0 heterocycles. The zero-order valence-electron chi connectivity index (χ0n) is 18.7. The number of hydrogen-bond donors (Lipinski definition) is 1. The van der Waals surface area contributed by atoms with Crippen LogP contribution in [0.15, 0.2) is 11.6 Å². The quantitative estimate of drug-likeness (QED) is 0.443. The lowest BCUT2D eigenvalue weighted by Crippen LogP contribution is -2.50. The Morgan fingerprint density at radius 2 is 1.89 bits per heavy atom. The highest BCUT2D eigenvalue weighted by molar-refractivity contribution is 5.84. The van der Waals surface area contributed by atoms with Gasteiger partial charge in [-0.3, -0.25) is 4.79 Å². The van der Waals surface area contributed by atoms with Crippen LogP contribution in [-0.4, -0.2) is 17.0 Å². The van der Waals surface area contributed by atoms with Crippen LogP contribution in [0.5, 0.6) is 0 Å². The van der Waals surface area contributed by atoms with Crippen molar-refractivity contribution >= 4 is 5.78 Å². The van der Waals surface area contributed by atoms with Gasteiger partial charge in [0.05, 0.1) is 6.10 Å². The SMILES string of the molecule is CC(C)CCCCC1C(=O)CC2C3CC=C4CC(O)CCC4(C)C3CCC12C. The third kappa shape index (κ3) is 3.32. The van der Waals surface area contributed by atoms with Crippen LogP contribution in [0.1, 0.15) is 98.3 Å². The Kier molecular flexibility index (Phi) is 5.57. The molecule has 7 unspecified atom stereocenters. The fourth-order valence-corrected chi connectivity index (χ4v) is 7.93. The molecule has 2 nitrogen and oxygen atoms in total. The molecule has 3 saturated carbocycles. The van der Waals surface area contributed by atoms with Crippen molar-refractivity contribution in [2.75, 3.05) is 0 Å². The monoisotopic (exact) mass is 386 g/mol. The van der Waals surface area contributed by atoms with Crippen molar-refractivity contribution in [3.8, 4) is 0 Å². The van der Waals surface area contributed by atoms with Gasteiger partial charge < -0.3 is 5.11 Å². The van der Waals surface area contributed by atoms with Crippen molar-refractivity contribution in [1.82, 2.24) is 0 Å². The Labute approximate surface area is 172 Å². The second-order valence-electron chi connectivity index (χ2n) is 11.6. The smallest absolute Gasteiger partial charge is 0.136 e. The molecule has 0 saturated heterocycles. The van der Waals surface area contributed by atoms with Crippen molar-refractivity contribution in [2.24, 2.45) is 40.4 Å². The van der Waals surface area contributed by atoms with Crippen molar-refractivity contribution in [1.29, 1.82) is 0 Å². The number of rotatable bonds is 5. The first-order valence-corrected chi connectivity index (χ1v) is 12.2. The highest BCUT2D eigenvalue weighted by Gasteiger charge is 2.60. The van der Waals surface area contributed by atoms with E-state index in [1.165, 1.54) is 37.7 Å². The molecule has 0 aromatic carbocycles. The van der Waals surface area contributed by atoms with E-state index in [0.29, 0.717) is 23.5 Å². The molecule has 0 aromatic rings. The molecule has 0 amide bonds. The lowest BCUT2D eigenvalue weighted by atomic mass is 9.47. The van der Waals surface area contributed by atoms with Gasteiger partial charge in [0.15, 0.2) is 0 Å². The van der Waals surface area contributed by atoms with E-state index in [1.807, 2.05) is 0 Å². The third-order valence-corrected chi connectivity index (χ3v) is 9.65. The second kappa shape index (κ2) is 7.56. The standard InChI is InChI=1S/C26H42O2/c1-17(2)7-5-6-8-22-24(28)16-23-20-10-9-18-15-19(27)11-13-25(18,3)21(20)12-14-26(22,23)4/h9,17,19-23,27H,5-8,10-16H2,1-4H3. The Hall–Kier alpha value is -0.630. The van der Waals surface area contributed by atoms with Gasteiger partial charge in [-0.1, -0.05) is 58.6 Å². The summed E-state index contributed by atoms with van der Waals surface area (Å²) in [6.45, 7) is 9.55. The Bertz CT molecular complexity index is 634. The summed E-state index contributed by atoms with van der Waals surface area (Å²) in [6.07, 6.45) is 14.8. The van der Waals surface area contributed by atoms with Gasteiger partial charge in [0.1, 0.15) is 5.78 Å². The summed E-state index contributed by atoms with van der Waals surface area (Å²) >= 11 is 0. The zero-order chi connectivity index (χ0) is 20.1. The summed E-state index contributed by atoms with van der Waals surface area (Å²) < 4.78 is 0. The minimum atomic E-state index is -0.131. The molecule has 3 fully saturated rings. The number of Topliss-reactive ketones (excluding diaryl/α,β-unsaturated/α-hetero) is 1. The van der Waals surface area contributed by atoms with Crippen molar-refractivity contribution in [2.45, 2.75) is 104 Å². The van der Waals surface area contributed by atoms with E-state index in [2.05, 4.69) is 33.8 Å². The first kappa shape index (κ1) is 20.6. The molecule has 4 aliphatic carbocycles. The van der Waals surface area contributed by atoms with Crippen LogP contribution >= 0.6 is 0 Å². The van der Waals surface area contributed by atoms with Gasteiger partial charge >= 0.3 is 0 Å². The molecule has 0 aliphatic heterocycles. The van der Waals surface area contributed by atoms with Gasteiger partial charge in [-0.05, 0) is 79.4 Å². The lowest BCUT2D eigenvalue weighted by molar-refractivity contribution is -0.122. The maximum absolute atomic E-state index is 13.1. The number of carbonyl (C=O) groups is 1. The number of hydrogen-bond acceptors (Lipinski definition) is 2. The molecule has 0 bridgehead atoms. The van der Waals surface area contributed by atoms with Gasteiger partial charge in [-0.25, -0.2) is 0 Å². The zero-order valence-corrected chi connectivity index (χ0v) is 18.7. The lowest BCUT2D eigenvalue weighted by Gasteiger charge is -2.57. The van der Waals surface area contributed by atoms with Crippen LogP contribution in [0.4, 0.5) is 0 Å².